The van der Waals surface area contributed by atoms with Crippen LogP contribution < -0.4 is 10.5 Å². The number of aryl methyl sites for hydroxylation is 1. The molecule has 1 saturated carbocycles. The van der Waals surface area contributed by atoms with E-state index in [1.807, 2.05) is 6.92 Å². The summed E-state index contributed by atoms with van der Waals surface area (Å²) >= 11 is 0. The standard InChI is InChI=1S/C15H24N2O3S/c1-11-7-13(16)12(2)14(8-11)21(19,20)17-9-15(10-18)5-3-4-6-15/h7-8,17-18H,3-6,9-10,16H2,1-2H3. The second-order valence-corrected chi connectivity index (χ2v) is 7.90. The van der Waals surface area contributed by atoms with Crippen LogP contribution in [-0.2, 0) is 10.0 Å². The van der Waals surface area contributed by atoms with Crippen LogP contribution in [0.15, 0.2) is 17.0 Å². The van der Waals surface area contributed by atoms with Crippen molar-refractivity contribution in [2.45, 2.75) is 44.4 Å². The Balaban J connectivity index is 2.23. The summed E-state index contributed by atoms with van der Waals surface area (Å²) < 4.78 is 27.7. The predicted molar refractivity (Wildman–Crippen MR) is 83.5 cm³/mol. The molecule has 0 atom stereocenters. The Morgan fingerprint density at radius 1 is 1.29 bits per heavy atom. The molecule has 1 aromatic rings. The van der Waals surface area contributed by atoms with E-state index >= 15 is 0 Å². The highest BCUT2D eigenvalue weighted by Crippen LogP contribution is 2.37. The Hall–Kier alpha value is -1.11. The molecule has 1 aliphatic carbocycles. The fraction of sp³-hybridized carbons (Fsp3) is 0.600. The SMILES string of the molecule is Cc1cc(N)c(C)c(S(=O)(=O)NCC2(CO)CCCC2)c1. The van der Waals surface area contributed by atoms with Crippen molar-refractivity contribution in [3.05, 3.63) is 23.3 Å². The maximum Gasteiger partial charge on any atom is 0.240 e. The van der Waals surface area contributed by atoms with Gasteiger partial charge in [-0.05, 0) is 49.9 Å². The zero-order chi connectivity index (χ0) is 15.7. The molecule has 2 rings (SSSR count). The lowest BCUT2D eigenvalue weighted by molar-refractivity contribution is 0.134. The van der Waals surface area contributed by atoms with Crippen molar-refractivity contribution >= 4 is 15.7 Å². The minimum atomic E-state index is -3.61. The summed E-state index contributed by atoms with van der Waals surface area (Å²) in [6, 6.07) is 3.40. The maximum atomic E-state index is 12.5. The summed E-state index contributed by atoms with van der Waals surface area (Å²) in [6.45, 7) is 3.82. The topological polar surface area (TPSA) is 92.4 Å². The zero-order valence-electron chi connectivity index (χ0n) is 12.6. The van der Waals surface area contributed by atoms with Crippen molar-refractivity contribution in [3.63, 3.8) is 0 Å². The van der Waals surface area contributed by atoms with Gasteiger partial charge in [-0.1, -0.05) is 12.8 Å². The van der Waals surface area contributed by atoms with Gasteiger partial charge in [0.05, 0.1) is 4.90 Å². The molecule has 0 aliphatic heterocycles. The molecule has 0 heterocycles. The average Bonchev–Trinajstić information content (AvgIpc) is 2.90. The largest absolute Gasteiger partial charge is 0.398 e. The minimum Gasteiger partial charge on any atom is -0.398 e. The molecule has 6 heteroatoms. The van der Waals surface area contributed by atoms with Gasteiger partial charge in [-0.3, -0.25) is 0 Å². The monoisotopic (exact) mass is 312 g/mol. The molecule has 118 valence electrons. The molecule has 0 aromatic heterocycles. The van der Waals surface area contributed by atoms with Gasteiger partial charge in [0.25, 0.3) is 0 Å². The number of anilines is 1. The normalized spacial score (nSPS) is 18.0. The van der Waals surface area contributed by atoms with Gasteiger partial charge in [0.15, 0.2) is 0 Å². The molecule has 1 aliphatic rings. The van der Waals surface area contributed by atoms with Crippen LogP contribution in [0.2, 0.25) is 0 Å². The number of aliphatic hydroxyl groups is 1. The highest BCUT2D eigenvalue weighted by molar-refractivity contribution is 7.89. The van der Waals surface area contributed by atoms with Crippen LogP contribution in [-0.4, -0.2) is 26.7 Å². The number of rotatable bonds is 5. The molecule has 0 radical (unpaired) electrons. The van der Waals surface area contributed by atoms with E-state index in [1.54, 1.807) is 19.1 Å². The van der Waals surface area contributed by atoms with E-state index in [-0.39, 0.29) is 23.5 Å². The Bertz CT molecular complexity index is 620. The number of nitrogens with one attached hydrogen (secondary N) is 1. The van der Waals surface area contributed by atoms with Gasteiger partial charge >= 0.3 is 0 Å². The van der Waals surface area contributed by atoms with Gasteiger partial charge in [-0.15, -0.1) is 0 Å². The molecule has 5 nitrogen and oxygen atoms in total. The fourth-order valence-electron chi connectivity index (χ4n) is 2.97. The third-order valence-electron chi connectivity index (χ3n) is 4.47. The highest BCUT2D eigenvalue weighted by Gasteiger charge is 2.34. The van der Waals surface area contributed by atoms with E-state index in [1.165, 1.54) is 0 Å². The second-order valence-electron chi connectivity index (χ2n) is 6.17. The van der Waals surface area contributed by atoms with Crippen molar-refractivity contribution in [3.8, 4) is 0 Å². The predicted octanol–water partition coefficient (Wildman–Crippen LogP) is 1.72. The zero-order valence-corrected chi connectivity index (χ0v) is 13.5. The van der Waals surface area contributed by atoms with Gasteiger partial charge in [-0.2, -0.15) is 0 Å². The number of hydrogen-bond donors (Lipinski definition) is 3. The number of sulfonamides is 1. The Kier molecular flexibility index (Phi) is 4.60. The summed E-state index contributed by atoms with van der Waals surface area (Å²) in [7, 11) is -3.61. The van der Waals surface area contributed by atoms with E-state index in [0.717, 1.165) is 31.2 Å². The maximum absolute atomic E-state index is 12.5. The van der Waals surface area contributed by atoms with Crippen LogP contribution >= 0.6 is 0 Å². The van der Waals surface area contributed by atoms with Crippen molar-refractivity contribution in [2.75, 3.05) is 18.9 Å². The molecule has 4 N–H and O–H groups in total. The smallest absolute Gasteiger partial charge is 0.240 e. The molecule has 1 aromatic carbocycles. The molecule has 0 spiro atoms. The first-order valence-corrected chi connectivity index (χ1v) is 8.75. The Morgan fingerprint density at radius 3 is 2.48 bits per heavy atom. The van der Waals surface area contributed by atoms with E-state index in [0.29, 0.717) is 11.3 Å². The van der Waals surface area contributed by atoms with Crippen LogP contribution in [0, 0.1) is 19.3 Å². The third-order valence-corrected chi connectivity index (χ3v) is 6.00. The van der Waals surface area contributed by atoms with Gasteiger partial charge in [-0.25, -0.2) is 13.1 Å². The van der Waals surface area contributed by atoms with Gasteiger partial charge < -0.3 is 10.8 Å². The van der Waals surface area contributed by atoms with Gasteiger partial charge in [0.1, 0.15) is 0 Å². The lowest BCUT2D eigenvalue weighted by atomic mass is 9.88. The number of hydrogen-bond acceptors (Lipinski definition) is 4. The highest BCUT2D eigenvalue weighted by atomic mass is 32.2. The molecule has 0 unspecified atom stereocenters. The lowest BCUT2D eigenvalue weighted by Gasteiger charge is -2.26. The summed E-state index contributed by atoms with van der Waals surface area (Å²) in [5, 5.41) is 9.57. The molecule has 0 bridgehead atoms. The molecule has 0 saturated heterocycles. The molecule has 0 amide bonds. The number of nitrogen functional groups attached to an aromatic ring is 1. The van der Waals surface area contributed by atoms with Crippen molar-refractivity contribution in [1.82, 2.24) is 4.72 Å². The van der Waals surface area contributed by atoms with E-state index in [4.69, 9.17) is 5.73 Å². The second kappa shape index (κ2) is 5.94. The van der Waals surface area contributed by atoms with Crippen molar-refractivity contribution in [2.24, 2.45) is 5.41 Å². The van der Waals surface area contributed by atoms with E-state index < -0.39 is 10.0 Å². The number of aliphatic hydroxyl groups excluding tert-OH is 1. The summed E-state index contributed by atoms with van der Waals surface area (Å²) in [6.07, 6.45) is 3.80. The lowest BCUT2D eigenvalue weighted by Crippen LogP contribution is -2.38. The Labute approximate surface area is 126 Å². The van der Waals surface area contributed by atoms with Crippen LogP contribution in [0.25, 0.3) is 0 Å². The molecular formula is C15H24N2O3S. The van der Waals surface area contributed by atoms with E-state index in [2.05, 4.69) is 4.72 Å². The molecule has 21 heavy (non-hydrogen) atoms. The average molecular weight is 312 g/mol. The van der Waals surface area contributed by atoms with Gasteiger partial charge in [0.2, 0.25) is 10.0 Å². The van der Waals surface area contributed by atoms with Crippen molar-refractivity contribution in [1.29, 1.82) is 0 Å². The first kappa shape index (κ1) is 16.3. The fourth-order valence-corrected chi connectivity index (χ4v) is 4.49. The summed E-state index contributed by atoms with van der Waals surface area (Å²) in [4.78, 5) is 0.228. The number of benzene rings is 1. The third kappa shape index (κ3) is 3.39. The Morgan fingerprint density at radius 2 is 1.90 bits per heavy atom. The molecule has 1 fully saturated rings. The van der Waals surface area contributed by atoms with Crippen LogP contribution in [0.1, 0.15) is 36.8 Å². The van der Waals surface area contributed by atoms with Crippen LogP contribution in [0.3, 0.4) is 0 Å². The summed E-state index contributed by atoms with van der Waals surface area (Å²) in [5.41, 5.74) is 7.41. The quantitative estimate of drug-likeness (QED) is 0.722. The molecular weight excluding hydrogens is 288 g/mol. The van der Waals surface area contributed by atoms with Crippen molar-refractivity contribution < 1.29 is 13.5 Å². The first-order chi connectivity index (χ1) is 9.80. The van der Waals surface area contributed by atoms with Crippen LogP contribution in [0.5, 0.6) is 0 Å². The summed E-state index contributed by atoms with van der Waals surface area (Å²) in [5.74, 6) is 0. The van der Waals surface area contributed by atoms with E-state index in [9.17, 15) is 13.5 Å². The minimum absolute atomic E-state index is 0.0183. The number of nitrogens with two attached hydrogens (primary N) is 1. The van der Waals surface area contributed by atoms with Crippen LogP contribution in [0.4, 0.5) is 5.69 Å². The van der Waals surface area contributed by atoms with Gasteiger partial charge in [0, 0.05) is 24.3 Å². The first-order valence-electron chi connectivity index (χ1n) is 7.27.